The lowest BCUT2D eigenvalue weighted by Gasteiger charge is -2.19. The molecule has 18 heavy (non-hydrogen) atoms. The maximum atomic E-state index is 11.8. The molecule has 1 heterocycles. The second-order valence-electron chi connectivity index (χ2n) is 4.01. The minimum absolute atomic E-state index is 0.00789. The van der Waals surface area contributed by atoms with Crippen LogP contribution in [0, 0.1) is 18.3 Å². The third-order valence-corrected chi connectivity index (χ3v) is 3.15. The van der Waals surface area contributed by atoms with Crippen molar-refractivity contribution in [3.8, 4) is 12.3 Å². The molecule has 0 aliphatic carbocycles. The molecule has 0 aromatic heterocycles. The number of terminal acetylenes is 1. The van der Waals surface area contributed by atoms with Crippen LogP contribution in [0.5, 0.6) is 0 Å². The Kier molecular flexibility index (Phi) is 3.26. The highest BCUT2D eigenvalue weighted by Gasteiger charge is 2.33. The zero-order valence-electron chi connectivity index (χ0n) is 9.39. The fourth-order valence-corrected chi connectivity index (χ4v) is 2.27. The van der Waals surface area contributed by atoms with E-state index in [2.05, 4.69) is 5.92 Å². The Morgan fingerprint density at radius 2 is 2.28 bits per heavy atom. The number of aromatic carboxylic acids is 1. The molecule has 4 nitrogen and oxygen atoms in total. The maximum Gasteiger partial charge on any atom is 0.337 e. The average Bonchev–Trinajstić information content (AvgIpc) is 2.70. The molecule has 1 fully saturated rings. The Hall–Kier alpha value is -1.99. The smallest absolute Gasteiger partial charge is 0.337 e. The second-order valence-corrected chi connectivity index (χ2v) is 4.42. The summed E-state index contributed by atoms with van der Waals surface area (Å²) in [5.74, 6) is 0.989. The van der Waals surface area contributed by atoms with Crippen molar-refractivity contribution in [1.82, 2.24) is 0 Å². The monoisotopic (exact) mass is 263 g/mol. The van der Waals surface area contributed by atoms with E-state index < -0.39 is 5.97 Å². The van der Waals surface area contributed by atoms with Crippen molar-refractivity contribution in [1.29, 1.82) is 0 Å². The van der Waals surface area contributed by atoms with Gasteiger partial charge in [-0.15, -0.1) is 12.3 Å². The van der Waals surface area contributed by atoms with Gasteiger partial charge in [0.25, 0.3) is 0 Å². The quantitative estimate of drug-likeness (QED) is 0.831. The number of hydrogen-bond donors (Lipinski definition) is 1. The van der Waals surface area contributed by atoms with Crippen LogP contribution >= 0.6 is 11.6 Å². The number of carboxylic acids is 1. The van der Waals surface area contributed by atoms with Crippen molar-refractivity contribution in [3.63, 3.8) is 0 Å². The van der Waals surface area contributed by atoms with Crippen molar-refractivity contribution in [3.05, 3.63) is 28.8 Å². The number of anilines is 1. The summed E-state index contributed by atoms with van der Waals surface area (Å²) < 4.78 is 0. The van der Waals surface area contributed by atoms with Gasteiger partial charge in [-0.05, 0) is 12.1 Å². The van der Waals surface area contributed by atoms with E-state index in [4.69, 9.17) is 23.1 Å². The van der Waals surface area contributed by atoms with E-state index >= 15 is 0 Å². The summed E-state index contributed by atoms with van der Waals surface area (Å²) >= 11 is 6.00. The predicted octanol–water partition coefficient (Wildman–Crippen LogP) is 2.02. The minimum Gasteiger partial charge on any atom is -0.478 e. The van der Waals surface area contributed by atoms with E-state index in [0.29, 0.717) is 6.54 Å². The van der Waals surface area contributed by atoms with Crippen molar-refractivity contribution in [2.45, 2.75) is 6.42 Å². The first-order valence-electron chi connectivity index (χ1n) is 5.33. The molecule has 1 N–H and O–H groups in total. The van der Waals surface area contributed by atoms with Crippen molar-refractivity contribution < 1.29 is 14.7 Å². The van der Waals surface area contributed by atoms with E-state index in [0.717, 1.165) is 0 Å². The van der Waals surface area contributed by atoms with Crippen LogP contribution < -0.4 is 4.90 Å². The molecule has 1 unspecified atom stereocenters. The normalized spacial score (nSPS) is 18.8. The molecule has 1 aliphatic heterocycles. The molecule has 1 amide bonds. The predicted molar refractivity (Wildman–Crippen MR) is 67.7 cm³/mol. The van der Waals surface area contributed by atoms with Crippen LogP contribution in [0.15, 0.2) is 18.2 Å². The number of carboxylic acid groups (broad SMARTS) is 1. The van der Waals surface area contributed by atoms with E-state index in [9.17, 15) is 9.59 Å². The summed E-state index contributed by atoms with van der Waals surface area (Å²) in [6, 6.07) is 4.51. The van der Waals surface area contributed by atoms with Gasteiger partial charge in [-0.2, -0.15) is 0 Å². The van der Waals surface area contributed by atoms with Crippen LogP contribution in [-0.4, -0.2) is 23.5 Å². The lowest BCUT2D eigenvalue weighted by Crippen LogP contribution is -2.26. The zero-order valence-corrected chi connectivity index (χ0v) is 10.1. The van der Waals surface area contributed by atoms with Gasteiger partial charge in [0, 0.05) is 18.9 Å². The number of amides is 1. The van der Waals surface area contributed by atoms with E-state index in [-0.39, 0.29) is 34.5 Å². The van der Waals surface area contributed by atoms with Crippen LogP contribution in [0.25, 0.3) is 0 Å². The maximum absolute atomic E-state index is 11.8. The topological polar surface area (TPSA) is 57.6 Å². The molecule has 5 heteroatoms. The van der Waals surface area contributed by atoms with Gasteiger partial charge in [-0.1, -0.05) is 17.7 Å². The third-order valence-electron chi connectivity index (χ3n) is 2.85. The van der Waals surface area contributed by atoms with Gasteiger partial charge >= 0.3 is 5.97 Å². The molecule has 1 aromatic rings. The van der Waals surface area contributed by atoms with Gasteiger partial charge in [-0.25, -0.2) is 4.79 Å². The molecule has 92 valence electrons. The molecule has 1 atom stereocenters. The number of halogens is 1. The first-order chi connectivity index (χ1) is 8.54. The van der Waals surface area contributed by atoms with E-state index in [1.165, 1.54) is 17.0 Å². The first-order valence-corrected chi connectivity index (χ1v) is 5.70. The van der Waals surface area contributed by atoms with Gasteiger partial charge in [0.05, 0.1) is 16.3 Å². The Morgan fingerprint density at radius 3 is 2.83 bits per heavy atom. The van der Waals surface area contributed by atoms with Crippen molar-refractivity contribution >= 4 is 29.2 Å². The summed E-state index contributed by atoms with van der Waals surface area (Å²) in [6.07, 6.45) is 5.52. The molecular formula is C13H10ClNO3. The van der Waals surface area contributed by atoms with Gasteiger partial charge in [0.1, 0.15) is 0 Å². The minimum atomic E-state index is -1.12. The highest BCUT2D eigenvalue weighted by Crippen LogP contribution is 2.34. The van der Waals surface area contributed by atoms with E-state index in [1.54, 1.807) is 6.07 Å². The Labute approximate surface area is 109 Å². The zero-order chi connectivity index (χ0) is 13.3. The summed E-state index contributed by atoms with van der Waals surface area (Å²) in [5.41, 5.74) is 0.239. The molecule has 0 saturated carbocycles. The van der Waals surface area contributed by atoms with E-state index in [1.807, 2.05) is 0 Å². The number of carbonyl (C=O) groups is 2. The summed E-state index contributed by atoms with van der Waals surface area (Å²) in [5, 5.41) is 9.36. The number of nitrogens with zero attached hydrogens (tertiary/aromatic N) is 1. The second kappa shape index (κ2) is 4.71. The summed E-state index contributed by atoms with van der Waals surface area (Å²) in [4.78, 5) is 24.4. The molecule has 1 aromatic carbocycles. The number of benzene rings is 1. The van der Waals surface area contributed by atoms with Gasteiger partial charge in [0.15, 0.2) is 0 Å². The Bertz CT molecular complexity index is 562. The highest BCUT2D eigenvalue weighted by atomic mass is 35.5. The highest BCUT2D eigenvalue weighted by molar-refractivity contribution is 6.34. The number of hydrogen-bond acceptors (Lipinski definition) is 2. The number of para-hydroxylation sites is 1. The van der Waals surface area contributed by atoms with Crippen molar-refractivity contribution in [2.75, 3.05) is 11.4 Å². The van der Waals surface area contributed by atoms with Crippen LogP contribution in [0.2, 0.25) is 5.02 Å². The first kappa shape index (κ1) is 12.5. The molecule has 1 saturated heterocycles. The van der Waals surface area contributed by atoms with Gasteiger partial charge < -0.3 is 10.0 Å². The largest absolute Gasteiger partial charge is 0.478 e. The average molecular weight is 264 g/mol. The Balaban J connectivity index is 2.49. The van der Waals surface area contributed by atoms with Crippen LogP contribution in [0.1, 0.15) is 16.8 Å². The molecule has 0 spiro atoms. The lowest BCUT2D eigenvalue weighted by atomic mass is 10.1. The third kappa shape index (κ3) is 2.05. The summed E-state index contributed by atoms with van der Waals surface area (Å²) in [7, 11) is 0. The lowest BCUT2D eigenvalue weighted by molar-refractivity contribution is -0.117. The fourth-order valence-electron chi connectivity index (χ4n) is 2.00. The summed E-state index contributed by atoms with van der Waals surface area (Å²) in [6.45, 7) is 0.305. The number of carbonyl (C=O) groups excluding carboxylic acids is 1. The SMILES string of the molecule is C#CC1CC(=O)N(c2c(Cl)cccc2C(=O)O)C1. The molecule has 2 rings (SSSR count). The standard InChI is InChI=1S/C13H10ClNO3/c1-2-8-6-11(16)15(7-8)12-9(13(17)18)4-3-5-10(12)14/h1,3-5,8H,6-7H2,(H,17,18). The van der Waals surface area contributed by atoms with Crippen LogP contribution in [0.3, 0.4) is 0 Å². The molecule has 0 bridgehead atoms. The Morgan fingerprint density at radius 1 is 1.56 bits per heavy atom. The molecule has 0 radical (unpaired) electrons. The van der Waals surface area contributed by atoms with Gasteiger partial charge in [0.2, 0.25) is 5.91 Å². The van der Waals surface area contributed by atoms with Crippen molar-refractivity contribution in [2.24, 2.45) is 5.92 Å². The molecular weight excluding hydrogens is 254 g/mol. The fraction of sp³-hybridized carbons (Fsp3) is 0.231. The van der Waals surface area contributed by atoms with Crippen LogP contribution in [-0.2, 0) is 4.79 Å². The number of rotatable bonds is 2. The molecule has 1 aliphatic rings. The van der Waals surface area contributed by atoms with Gasteiger partial charge in [-0.3, -0.25) is 4.79 Å². The van der Waals surface area contributed by atoms with Crippen LogP contribution in [0.4, 0.5) is 5.69 Å².